The fraction of sp³-hybridized carbons (Fsp3) is 0.174. The van der Waals surface area contributed by atoms with E-state index in [0.29, 0.717) is 18.9 Å². The van der Waals surface area contributed by atoms with Crippen LogP contribution in [0, 0.1) is 0 Å². The molecular formula is C23H23NO4. The minimum atomic E-state index is -0.199. The molecule has 5 nitrogen and oxygen atoms in total. The second-order valence-electron chi connectivity index (χ2n) is 6.12. The van der Waals surface area contributed by atoms with Gasteiger partial charge in [-0.1, -0.05) is 48.5 Å². The summed E-state index contributed by atoms with van der Waals surface area (Å²) in [6.45, 7) is 0.838. The van der Waals surface area contributed by atoms with Crippen molar-refractivity contribution in [1.82, 2.24) is 5.32 Å². The van der Waals surface area contributed by atoms with Gasteiger partial charge in [-0.3, -0.25) is 4.79 Å². The van der Waals surface area contributed by atoms with Crippen molar-refractivity contribution in [3.63, 3.8) is 0 Å². The van der Waals surface area contributed by atoms with Gasteiger partial charge in [-0.05, 0) is 35.9 Å². The summed E-state index contributed by atoms with van der Waals surface area (Å²) >= 11 is 0. The first kappa shape index (κ1) is 19.3. The number of carbonyl (C=O) groups excluding carboxylic acids is 1. The lowest BCUT2D eigenvalue weighted by molar-refractivity contribution is -0.123. The molecule has 28 heavy (non-hydrogen) atoms. The van der Waals surface area contributed by atoms with E-state index in [-0.39, 0.29) is 12.5 Å². The second-order valence-corrected chi connectivity index (χ2v) is 6.12. The maximum atomic E-state index is 12.0. The van der Waals surface area contributed by atoms with Gasteiger partial charge in [0.15, 0.2) is 6.61 Å². The van der Waals surface area contributed by atoms with E-state index >= 15 is 0 Å². The predicted molar refractivity (Wildman–Crippen MR) is 108 cm³/mol. The largest absolute Gasteiger partial charge is 0.496 e. The minimum absolute atomic E-state index is 0.0562. The van der Waals surface area contributed by atoms with E-state index in [2.05, 4.69) is 5.32 Å². The molecule has 0 radical (unpaired) electrons. The number of para-hydroxylation sites is 1. The van der Waals surface area contributed by atoms with Crippen molar-refractivity contribution < 1.29 is 19.0 Å². The quantitative estimate of drug-likeness (QED) is 0.613. The summed E-state index contributed by atoms with van der Waals surface area (Å²) in [5.74, 6) is 1.90. The molecule has 0 aliphatic carbocycles. The number of methoxy groups -OCH3 is 1. The Balaban J connectivity index is 1.42. The first-order chi connectivity index (χ1) is 13.7. The average molecular weight is 377 g/mol. The van der Waals surface area contributed by atoms with Crippen molar-refractivity contribution in [2.24, 2.45) is 0 Å². The summed E-state index contributed by atoms with van der Waals surface area (Å²) in [5.41, 5.74) is 2.02. The molecular weight excluding hydrogens is 354 g/mol. The van der Waals surface area contributed by atoms with Crippen LogP contribution in [0.3, 0.4) is 0 Å². The van der Waals surface area contributed by atoms with Crippen LogP contribution in [0.1, 0.15) is 11.1 Å². The van der Waals surface area contributed by atoms with Crippen molar-refractivity contribution in [3.05, 3.63) is 90.0 Å². The fourth-order valence-corrected chi connectivity index (χ4v) is 2.62. The fourth-order valence-electron chi connectivity index (χ4n) is 2.62. The van der Waals surface area contributed by atoms with Crippen molar-refractivity contribution in [2.45, 2.75) is 13.2 Å². The van der Waals surface area contributed by atoms with E-state index in [1.54, 1.807) is 19.2 Å². The Morgan fingerprint density at radius 2 is 1.46 bits per heavy atom. The van der Waals surface area contributed by atoms with E-state index in [0.717, 1.165) is 22.6 Å². The van der Waals surface area contributed by atoms with Crippen LogP contribution in [0.2, 0.25) is 0 Å². The lowest BCUT2D eigenvalue weighted by atomic mass is 10.2. The summed E-state index contributed by atoms with van der Waals surface area (Å²) in [7, 11) is 1.61. The summed E-state index contributed by atoms with van der Waals surface area (Å²) in [6, 6.07) is 24.8. The summed E-state index contributed by atoms with van der Waals surface area (Å²) in [5, 5.41) is 2.83. The number of ether oxygens (including phenoxy) is 3. The lowest BCUT2D eigenvalue weighted by Gasteiger charge is -2.11. The predicted octanol–water partition coefficient (Wildman–Crippen LogP) is 3.97. The van der Waals surface area contributed by atoms with Gasteiger partial charge in [0.05, 0.1) is 7.11 Å². The van der Waals surface area contributed by atoms with E-state index in [4.69, 9.17) is 14.2 Å². The molecule has 0 heterocycles. The molecule has 3 aromatic rings. The zero-order valence-corrected chi connectivity index (χ0v) is 15.8. The van der Waals surface area contributed by atoms with Crippen LogP contribution in [0.25, 0.3) is 0 Å². The number of amides is 1. The molecule has 0 aromatic heterocycles. The van der Waals surface area contributed by atoms with Crippen LogP contribution >= 0.6 is 0 Å². The van der Waals surface area contributed by atoms with Gasteiger partial charge >= 0.3 is 0 Å². The van der Waals surface area contributed by atoms with Crippen LogP contribution in [-0.4, -0.2) is 19.6 Å². The van der Waals surface area contributed by atoms with Gasteiger partial charge in [0, 0.05) is 12.1 Å². The van der Waals surface area contributed by atoms with Crippen molar-refractivity contribution in [3.8, 4) is 17.2 Å². The highest BCUT2D eigenvalue weighted by Gasteiger charge is 2.06. The average Bonchev–Trinajstić information content (AvgIpc) is 2.76. The van der Waals surface area contributed by atoms with Crippen LogP contribution in [-0.2, 0) is 17.9 Å². The van der Waals surface area contributed by atoms with Crippen molar-refractivity contribution in [2.75, 3.05) is 13.7 Å². The minimum Gasteiger partial charge on any atom is -0.496 e. The number of carbonyl (C=O) groups is 1. The highest BCUT2D eigenvalue weighted by atomic mass is 16.5. The molecule has 5 heteroatoms. The summed E-state index contributed by atoms with van der Waals surface area (Å²) in [4.78, 5) is 12.0. The summed E-state index contributed by atoms with van der Waals surface area (Å²) in [6.07, 6.45) is 0. The highest BCUT2D eigenvalue weighted by Crippen LogP contribution is 2.19. The normalized spacial score (nSPS) is 10.2. The molecule has 0 bridgehead atoms. The molecule has 3 aromatic carbocycles. The highest BCUT2D eigenvalue weighted by molar-refractivity contribution is 5.77. The Bertz CT molecular complexity index is 879. The van der Waals surface area contributed by atoms with Crippen LogP contribution in [0.4, 0.5) is 0 Å². The molecule has 0 saturated heterocycles. The Morgan fingerprint density at radius 3 is 2.18 bits per heavy atom. The Kier molecular flexibility index (Phi) is 6.90. The SMILES string of the molecule is COc1ccccc1CNC(=O)COc1ccc(OCc2ccccc2)cc1. The maximum Gasteiger partial charge on any atom is 0.258 e. The molecule has 0 fully saturated rings. The lowest BCUT2D eigenvalue weighted by Crippen LogP contribution is -2.28. The van der Waals surface area contributed by atoms with E-state index in [1.165, 1.54) is 0 Å². The zero-order valence-electron chi connectivity index (χ0n) is 15.8. The van der Waals surface area contributed by atoms with Gasteiger partial charge in [0.25, 0.3) is 5.91 Å². The first-order valence-corrected chi connectivity index (χ1v) is 9.03. The van der Waals surface area contributed by atoms with Crippen molar-refractivity contribution >= 4 is 5.91 Å². The van der Waals surface area contributed by atoms with Crippen LogP contribution < -0.4 is 19.5 Å². The monoisotopic (exact) mass is 377 g/mol. The Labute approximate surface area is 164 Å². The van der Waals surface area contributed by atoms with Crippen LogP contribution in [0.5, 0.6) is 17.2 Å². The molecule has 0 spiro atoms. The number of hydrogen-bond donors (Lipinski definition) is 1. The zero-order chi connectivity index (χ0) is 19.6. The van der Waals surface area contributed by atoms with E-state index < -0.39 is 0 Å². The number of benzene rings is 3. The molecule has 0 atom stereocenters. The third kappa shape index (κ3) is 5.77. The molecule has 3 rings (SSSR count). The third-order valence-electron chi connectivity index (χ3n) is 4.11. The second kappa shape index (κ2) is 10.0. The van der Waals surface area contributed by atoms with E-state index in [1.807, 2.05) is 66.7 Å². The number of nitrogens with one attached hydrogen (secondary N) is 1. The number of hydrogen-bond acceptors (Lipinski definition) is 4. The molecule has 144 valence electrons. The van der Waals surface area contributed by atoms with Gasteiger partial charge in [-0.15, -0.1) is 0 Å². The summed E-state index contributed by atoms with van der Waals surface area (Å²) < 4.78 is 16.5. The topological polar surface area (TPSA) is 56.8 Å². The molecule has 1 amide bonds. The molecule has 1 N–H and O–H groups in total. The van der Waals surface area contributed by atoms with Gasteiger partial charge < -0.3 is 19.5 Å². The third-order valence-corrected chi connectivity index (χ3v) is 4.11. The van der Waals surface area contributed by atoms with E-state index in [9.17, 15) is 4.79 Å². The Hall–Kier alpha value is -3.47. The maximum absolute atomic E-state index is 12.0. The first-order valence-electron chi connectivity index (χ1n) is 9.03. The molecule has 0 unspecified atom stereocenters. The number of rotatable bonds is 9. The van der Waals surface area contributed by atoms with Gasteiger partial charge in [0.1, 0.15) is 23.9 Å². The molecule has 0 saturated carbocycles. The van der Waals surface area contributed by atoms with Crippen LogP contribution in [0.15, 0.2) is 78.9 Å². The molecule has 0 aliphatic rings. The van der Waals surface area contributed by atoms with Gasteiger partial charge in [0.2, 0.25) is 0 Å². The standard InChI is InChI=1S/C23H23NO4/c1-26-22-10-6-5-9-19(22)15-24-23(25)17-28-21-13-11-20(12-14-21)27-16-18-7-3-2-4-8-18/h2-14H,15-17H2,1H3,(H,24,25). The molecule has 0 aliphatic heterocycles. The van der Waals surface area contributed by atoms with Gasteiger partial charge in [-0.25, -0.2) is 0 Å². The van der Waals surface area contributed by atoms with Crippen molar-refractivity contribution in [1.29, 1.82) is 0 Å². The Morgan fingerprint density at radius 1 is 0.821 bits per heavy atom. The van der Waals surface area contributed by atoms with Gasteiger partial charge in [-0.2, -0.15) is 0 Å². The smallest absolute Gasteiger partial charge is 0.258 e.